The molecule has 15 heavy (non-hydrogen) atoms. The monoisotopic (exact) mass is 221 g/mol. The van der Waals surface area contributed by atoms with Crippen LogP contribution in [0.3, 0.4) is 0 Å². The molecule has 5 heteroatoms. The number of hydrogen-bond donors (Lipinski definition) is 1. The predicted molar refractivity (Wildman–Crippen MR) is 57.5 cm³/mol. The van der Waals surface area contributed by atoms with E-state index in [4.69, 9.17) is 10.2 Å². The summed E-state index contributed by atoms with van der Waals surface area (Å²) >= 11 is 1.52. The Kier molecular flexibility index (Phi) is 3.03. The van der Waals surface area contributed by atoms with Crippen molar-refractivity contribution in [2.45, 2.75) is 23.4 Å². The lowest BCUT2D eigenvalue weighted by Crippen LogP contribution is -2.00. The molecule has 2 rings (SSSR count). The maximum Gasteiger partial charge on any atom is 0.128 e. The Labute approximate surface area is 91.9 Å². The van der Waals surface area contributed by atoms with Gasteiger partial charge in [-0.05, 0) is 19.1 Å². The van der Waals surface area contributed by atoms with Gasteiger partial charge in [-0.1, -0.05) is 11.8 Å². The zero-order chi connectivity index (χ0) is 10.7. The van der Waals surface area contributed by atoms with Crippen LogP contribution in [0.5, 0.6) is 0 Å². The van der Waals surface area contributed by atoms with E-state index in [0.29, 0.717) is 6.54 Å². The fourth-order valence-electron chi connectivity index (χ4n) is 1.17. The third kappa shape index (κ3) is 2.19. The Morgan fingerprint density at radius 3 is 3.00 bits per heavy atom. The fraction of sp³-hybridized carbons (Fsp3) is 0.200. The summed E-state index contributed by atoms with van der Waals surface area (Å²) in [7, 11) is 0. The van der Waals surface area contributed by atoms with Crippen molar-refractivity contribution >= 4 is 11.8 Å². The van der Waals surface area contributed by atoms with Gasteiger partial charge in [0.1, 0.15) is 10.8 Å². The van der Waals surface area contributed by atoms with Gasteiger partial charge in [0.25, 0.3) is 0 Å². The molecule has 0 aliphatic rings. The highest BCUT2D eigenvalue weighted by Crippen LogP contribution is 2.30. The van der Waals surface area contributed by atoms with Gasteiger partial charge in [0.15, 0.2) is 0 Å². The van der Waals surface area contributed by atoms with Crippen LogP contribution in [-0.4, -0.2) is 10.2 Å². The van der Waals surface area contributed by atoms with Gasteiger partial charge in [-0.2, -0.15) is 5.10 Å². The second-order valence-electron chi connectivity index (χ2n) is 3.01. The van der Waals surface area contributed by atoms with E-state index in [1.54, 1.807) is 12.5 Å². The number of rotatable bonds is 3. The molecule has 2 heterocycles. The summed E-state index contributed by atoms with van der Waals surface area (Å²) in [6.07, 6.45) is 3.31. The summed E-state index contributed by atoms with van der Waals surface area (Å²) in [5.74, 6) is 0.883. The van der Waals surface area contributed by atoms with Gasteiger partial charge in [-0.25, -0.2) is 0 Å². The lowest BCUT2D eigenvalue weighted by Gasteiger charge is -2.03. The first-order valence-electron chi connectivity index (χ1n) is 4.54. The Morgan fingerprint density at radius 1 is 1.47 bits per heavy atom. The zero-order valence-corrected chi connectivity index (χ0v) is 9.12. The highest BCUT2D eigenvalue weighted by atomic mass is 32.2. The van der Waals surface area contributed by atoms with Crippen LogP contribution >= 0.6 is 11.8 Å². The van der Waals surface area contributed by atoms with Crippen molar-refractivity contribution in [2.75, 3.05) is 0 Å². The molecule has 0 aliphatic heterocycles. The van der Waals surface area contributed by atoms with E-state index in [1.165, 1.54) is 11.8 Å². The van der Waals surface area contributed by atoms with Crippen molar-refractivity contribution in [3.05, 3.63) is 35.9 Å². The van der Waals surface area contributed by atoms with Gasteiger partial charge in [0, 0.05) is 18.3 Å². The molecule has 78 valence electrons. The number of furan rings is 1. The molecule has 0 saturated heterocycles. The molecule has 2 N–H and O–H groups in total. The summed E-state index contributed by atoms with van der Waals surface area (Å²) in [4.78, 5) is 1.05. The average molecular weight is 221 g/mol. The normalized spacial score (nSPS) is 10.5. The van der Waals surface area contributed by atoms with Crippen molar-refractivity contribution in [1.29, 1.82) is 0 Å². The molecule has 0 atom stereocenters. The largest absolute Gasteiger partial charge is 0.468 e. The maximum absolute atomic E-state index is 5.61. The van der Waals surface area contributed by atoms with Crippen LogP contribution in [0.1, 0.15) is 11.3 Å². The van der Waals surface area contributed by atoms with E-state index in [0.717, 1.165) is 21.2 Å². The van der Waals surface area contributed by atoms with E-state index >= 15 is 0 Å². The van der Waals surface area contributed by atoms with Crippen LogP contribution in [0, 0.1) is 6.92 Å². The number of aryl methyl sites for hydroxylation is 1. The topological polar surface area (TPSA) is 64.9 Å². The Hall–Kier alpha value is -1.33. The van der Waals surface area contributed by atoms with Crippen LogP contribution in [0.2, 0.25) is 0 Å². The third-order valence-electron chi connectivity index (χ3n) is 2.00. The molecule has 0 fully saturated rings. The maximum atomic E-state index is 5.61. The second-order valence-corrected chi connectivity index (χ2v) is 4.04. The highest BCUT2D eigenvalue weighted by Gasteiger charge is 2.08. The van der Waals surface area contributed by atoms with E-state index < -0.39 is 0 Å². The van der Waals surface area contributed by atoms with Crippen LogP contribution in [0.25, 0.3) is 0 Å². The smallest absolute Gasteiger partial charge is 0.128 e. The molecule has 0 unspecified atom stereocenters. The number of nitrogens with zero attached hydrogens (tertiary/aromatic N) is 2. The van der Waals surface area contributed by atoms with Crippen molar-refractivity contribution in [3.8, 4) is 0 Å². The second kappa shape index (κ2) is 4.46. The molecular weight excluding hydrogens is 210 g/mol. The van der Waals surface area contributed by atoms with Gasteiger partial charge in [0.2, 0.25) is 0 Å². The van der Waals surface area contributed by atoms with Gasteiger partial charge in [-0.3, -0.25) is 0 Å². The van der Waals surface area contributed by atoms with E-state index in [1.807, 2.05) is 19.1 Å². The first-order valence-corrected chi connectivity index (χ1v) is 5.35. The summed E-state index contributed by atoms with van der Waals surface area (Å²) in [5.41, 5.74) is 6.61. The van der Waals surface area contributed by atoms with Crippen molar-refractivity contribution in [1.82, 2.24) is 10.2 Å². The van der Waals surface area contributed by atoms with Gasteiger partial charge < -0.3 is 10.2 Å². The number of hydrogen-bond acceptors (Lipinski definition) is 5. The molecule has 2 aromatic heterocycles. The number of nitrogens with two attached hydrogens (primary N) is 1. The Bertz CT molecular complexity index is 455. The molecule has 0 aromatic carbocycles. The molecule has 2 aromatic rings. The number of aromatic nitrogens is 2. The summed E-state index contributed by atoms with van der Waals surface area (Å²) in [5, 5.41) is 8.74. The Balaban J connectivity index is 2.28. The van der Waals surface area contributed by atoms with Crippen LogP contribution < -0.4 is 5.73 Å². The van der Waals surface area contributed by atoms with E-state index in [9.17, 15) is 0 Å². The van der Waals surface area contributed by atoms with Crippen LogP contribution in [0.4, 0.5) is 0 Å². The van der Waals surface area contributed by atoms with Crippen molar-refractivity contribution in [2.24, 2.45) is 5.73 Å². The van der Waals surface area contributed by atoms with Crippen LogP contribution in [-0.2, 0) is 6.54 Å². The standard InChI is InChI=1S/C10H11N3OS/c1-7-9(3-5-14-7)15-10-8(6-11)2-4-12-13-10/h2-5H,6,11H2,1H3. The van der Waals surface area contributed by atoms with Gasteiger partial charge in [0.05, 0.1) is 11.2 Å². The minimum Gasteiger partial charge on any atom is -0.468 e. The minimum absolute atomic E-state index is 0.467. The molecule has 0 amide bonds. The van der Waals surface area contributed by atoms with Crippen LogP contribution in [0.15, 0.2) is 38.9 Å². The molecule has 0 spiro atoms. The average Bonchev–Trinajstić information content (AvgIpc) is 2.65. The molecule has 0 aliphatic carbocycles. The molecule has 0 bridgehead atoms. The van der Waals surface area contributed by atoms with Gasteiger partial charge in [-0.15, -0.1) is 5.10 Å². The molecule has 0 saturated carbocycles. The molecule has 0 radical (unpaired) electrons. The lowest BCUT2D eigenvalue weighted by molar-refractivity contribution is 0.527. The quantitative estimate of drug-likeness (QED) is 0.858. The molecular formula is C10H11N3OS. The van der Waals surface area contributed by atoms with Gasteiger partial charge >= 0.3 is 0 Å². The Morgan fingerprint density at radius 2 is 2.33 bits per heavy atom. The molecule has 4 nitrogen and oxygen atoms in total. The fourth-order valence-corrected chi connectivity index (χ4v) is 2.06. The highest BCUT2D eigenvalue weighted by molar-refractivity contribution is 7.99. The first-order chi connectivity index (χ1) is 7.31. The summed E-state index contributed by atoms with van der Waals surface area (Å²) < 4.78 is 5.21. The zero-order valence-electron chi connectivity index (χ0n) is 8.30. The van der Waals surface area contributed by atoms with Crippen molar-refractivity contribution in [3.63, 3.8) is 0 Å². The third-order valence-corrected chi connectivity index (χ3v) is 3.18. The lowest BCUT2D eigenvalue weighted by atomic mass is 10.3. The van der Waals surface area contributed by atoms with E-state index in [-0.39, 0.29) is 0 Å². The van der Waals surface area contributed by atoms with E-state index in [2.05, 4.69) is 10.2 Å². The minimum atomic E-state index is 0.467. The van der Waals surface area contributed by atoms with Crippen molar-refractivity contribution < 1.29 is 4.42 Å². The first kappa shape index (κ1) is 10.2. The summed E-state index contributed by atoms with van der Waals surface area (Å²) in [6, 6.07) is 3.79. The summed E-state index contributed by atoms with van der Waals surface area (Å²) in [6.45, 7) is 2.38. The predicted octanol–water partition coefficient (Wildman–Crippen LogP) is 1.99. The SMILES string of the molecule is Cc1occc1Sc1nnccc1CN.